The lowest BCUT2D eigenvalue weighted by atomic mass is 10.1. The van der Waals surface area contributed by atoms with Crippen molar-refractivity contribution in [1.29, 1.82) is 0 Å². The van der Waals surface area contributed by atoms with Gasteiger partial charge in [0.15, 0.2) is 0 Å². The number of benzene rings is 1. The van der Waals surface area contributed by atoms with Crippen LogP contribution in [0.5, 0.6) is 0 Å². The maximum Gasteiger partial charge on any atom is 0.271 e. The average Bonchev–Trinajstić information content (AvgIpc) is 2.68. The molecule has 0 spiro atoms. The minimum absolute atomic E-state index is 0.196. The number of nitrogens with zero attached hydrogens (tertiary/aromatic N) is 2. The van der Waals surface area contributed by atoms with Gasteiger partial charge >= 0.3 is 0 Å². The summed E-state index contributed by atoms with van der Waals surface area (Å²) in [6.45, 7) is 4.16. The summed E-state index contributed by atoms with van der Waals surface area (Å²) in [5, 5.41) is 10.7. The van der Waals surface area contributed by atoms with Crippen LogP contribution in [0, 0.1) is 10.1 Å². The zero-order valence-electron chi connectivity index (χ0n) is 9.48. The maximum atomic E-state index is 10.7. The van der Waals surface area contributed by atoms with Crippen molar-refractivity contribution in [2.45, 2.75) is 26.2 Å². The first-order chi connectivity index (χ1) is 7.72. The largest absolute Gasteiger partial charge is 0.371 e. The second-order valence-electron chi connectivity index (χ2n) is 4.16. The third kappa shape index (κ3) is 2.01. The van der Waals surface area contributed by atoms with E-state index >= 15 is 0 Å². The van der Waals surface area contributed by atoms with E-state index in [0.717, 1.165) is 38.0 Å². The molecule has 1 aromatic carbocycles. The van der Waals surface area contributed by atoms with Gasteiger partial charge < -0.3 is 4.90 Å². The Kier molecular flexibility index (Phi) is 3.08. The Hall–Kier alpha value is -1.58. The molecular weight excluding hydrogens is 204 g/mol. The van der Waals surface area contributed by atoms with Crippen molar-refractivity contribution < 1.29 is 4.92 Å². The van der Waals surface area contributed by atoms with E-state index in [9.17, 15) is 10.1 Å². The fourth-order valence-corrected chi connectivity index (χ4v) is 2.13. The van der Waals surface area contributed by atoms with E-state index in [1.54, 1.807) is 12.1 Å². The molecule has 1 aliphatic rings. The lowest BCUT2D eigenvalue weighted by Gasteiger charge is -2.18. The predicted octanol–water partition coefficient (Wildman–Crippen LogP) is 2.76. The van der Waals surface area contributed by atoms with E-state index in [1.165, 1.54) is 5.56 Å². The molecule has 1 heterocycles. The van der Waals surface area contributed by atoms with Crippen molar-refractivity contribution in [2.75, 3.05) is 18.0 Å². The van der Waals surface area contributed by atoms with E-state index in [0.29, 0.717) is 0 Å². The van der Waals surface area contributed by atoms with Crippen LogP contribution in [0.2, 0.25) is 0 Å². The average molecular weight is 220 g/mol. The van der Waals surface area contributed by atoms with Gasteiger partial charge in [-0.05, 0) is 18.4 Å². The number of nitro groups is 1. The molecule has 0 unspecified atom stereocenters. The Morgan fingerprint density at radius 2 is 2.31 bits per heavy atom. The van der Waals surface area contributed by atoms with Gasteiger partial charge in [-0.25, -0.2) is 0 Å². The molecule has 0 bridgehead atoms. The number of anilines is 1. The molecule has 1 aromatic rings. The zero-order chi connectivity index (χ0) is 11.5. The summed E-state index contributed by atoms with van der Waals surface area (Å²) in [5.74, 6) is 0. The molecular formula is C12H16N2O2. The molecule has 0 fully saturated rings. The van der Waals surface area contributed by atoms with Gasteiger partial charge in [0, 0.05) is 30.9 Å². The van der Waals surface area contributed by atoms with Crippen LogP contribution in [-0.2, 0) is 6.42 Å². The third-order valence-corrected chi connectivity index (χ3v) is 3.05. The SMILES string of the molecule is CCCCN1CCc2ccc([N+](=O)[O-])cc21. The van der Waals surface area contributed by atoms with Gasteiger partial charge in [0.1, 0.15) is 0 Å². The molecule has 0 N–H and O–H groups in total. The number of nitro benzene ring substituents is 1. The van der Waals surface area contributed by atoms with E-state index in [1.807, 2.05) is 6.07 Å². The molecule has 0 aromatic heterocycles. The van der Waals surface area contributed by atoms with Crippen LogP contribution in [-0.4, -0.2) is 18.0 Å². The van der Waals surface area contributed by atoms with Crippen molar-refractivity contribution >= 4 is 11.4 Å². The van der Waals surface area contributed by atoms with Crippen molar-refractivity contribution in [3.8, 4) is 0 Å². The van der Waals surface area contributed by atoms with E-state index in [2.05, 4.69) is 11.8 Å². The number of unbranched alkanes of at least 4 members (excludes halogenated alkanes) is 1. The van der Waals surface area contributed by atoms with Gasteiger partial charge in [0.2, 0.25) is 0 Å². The highest BCUT2D eigenvalue weighted by Crippen LogP contribution is 2.31. The first kappa shape index (κ1) is 10.9. The molecule has 0 radical (unpaired) electrons. The summed E-state index contributed by atoms with van der Waals surface area (Å²) >= 11 is 0. The van der Waals surface area contributed by atoms with Crippen molar-refractivity contribution in [2.24, 2.45) is 0 Å². The molecule has 86 valence electrons. The number of non-ortho nitro benzene ring substituents is 1. The standard InChI is InChI=1S/C12H16N2O2/c1-2-3-7-13-8-6-10-4-5-11(14(15)16)9-12(10)13/h4-5,9H,2-3,6-8H2,1H3. The quantitative estimate of drug-likeness (QED) is 0.579. The molecule has 0 aliphatic carbocycles. The first-order valence-corrected chi connectivity index (χ1v) is 5.74. The fourth-order valence-electron chi connectivity index (χ4n) is 2.13. The van der Waals surface area contributed by atoms with Gasteiger partial charge in [-0.3, -0.25) is 10.1 Å². The highest BCUT2D eigenvalue weighted by molar-refractivity contribution is 5.62. The van der Waals surface area contributed by atoms with Crippen LogP contribution in [0.15, 0.2) is 18.2 Å². The second-order valence-corrected chi connectivity index (χ2v) is 4.16. The van der Waals surface area contributed by atoms with Gasteiger partial charge in [-0.1, -0.05) is 19.4 Å². The van der Waals surface area contributed by atoms with Crippen LogP contribution in [0.25, 0.3) is 0 Å². The van der Waals surface area contributed by atoms with Crippen molar-refractivity contribution in [1.82, 2.24) is 0 Å². The normalized spacial score (nSPS) is 13.9. The predicted molar refractivity (Wildman–Crippen MR) is 63.9 cm³/mol. The summed E-state index contributed by atoms with van der Waals surface area (Å²) in [6.07, 6.45) is 3.31. The number of hydrogen-bond donors (Lipinski definition) is 0. The van der Waals surface area contributed by atoms with Gasteiger partial charge in [-0.2, -0.15) is 0 Å². The van der Waals surface area contributed by atoms with Gasteiger partial charge in [0.05, 0.1) is 4.92 Å². The summed E-state index contributed by atoms with van der Waals surface area (Å²) in [6, 6.07) is 5.19. The Labute approximate surface area is 95.0 Å². The Morgan fingerprint density at radius 1 is 1.50 bits per heavy atom. The minimum atomic E-state index is -0.323. The first-order valence-electron chi connectivity index (χ1n) is 5.74. The van der Waals surface area contributed by atoms with Crippen LogP contribution < -0.4 is 4.90 Å². The van der Waals surface area contributed by atoms with Crippen LogP contribution >= 0.6 is 0 Å². The van der Waals surface area contributed by atoms with Crippen molar-refractivity contribution in [3.05, 3.63) is 33.9 Å². The molecule has 4 heteroatoms. The Bertz CT molecular complexity index is 404. The minimum Gasteiger partial charge on any atom is -0.371 e. The molecule has 2 rings (SSSR count). The topological polar surface area (TPSA) is 46.4 Å². The molecule has 0 saturated carbocycles. The Balaban J connectivity index is 2.22. The lowest BCUT2D eigenvalue weighted by molar-refractivity contribution is -0.384. The summed E-state index contributed by atoms with van der Waals surface area (Å²) in [5.41, 5.74) is 2.49. The van der Waals surface area contributed by atoms with E-state index < -0.39 is 0 Å². The third-order valence-electron chi connectivity index (χ3n) is 3.05. The molecule has 4 nitrogen and oxygen atoms in total. The molecule has 0 amide bonds. The summed E-state index contributed by atoms with van der Waals surface area (Å²) < 4.78 is 0. The zero-order valence-corrected chi connectivity index (χ0v) is 9.48. The molecule has 16 heavy (non-hydrogen) atoms. The Morgan fingerprint density at radius 3 is 3.00 bits per heavy atom. The summed E-state index contributed by atoms with van der Waals surface area (Å²) in [7, 11) is 0. The van der Waals surface area contributed by atoms with Crippen LogP contribution in [0.1, 0.15) is 25.3 Å². The smallest absolute Gasteiger partial charge is 0.271 e. The van der Waals surface area contributed by atoms with E-state index in [-0.39, 0.29) is 10.6 Å². The number of hydrogen-bond acceptors (Lipinski definition) is 3. The fraction of sp³-hybridized carbons (Fsp3) is 0.500. The molecule has 1 aliphatic heterocycles. The highest BCUT2D eigenvalue weighted by atomic mass is 16.6. The molecule has 0 atom stereocenters. The maximum absolute atomic E-state index is 10.7. The van der Waals surface area contributed by atoms with Gasteiger partial charge in [-0.15, -0.1) is 0 Å². The monoisotopic (exact) mass is 220 g/mol. The van der Waals surface area contributed by atoms with Gasteiger partial charge in [0.25, 0.3) is 5.69 Å². The van der Waals surface area contributed by atoms with E-state index in [4.69, 9.17) is 0 Å². The van der Waals surface area contributed by atoms with Crippen molar-refractivity contribution in [3.63, 3.8) is 0 Å². The second kappa shape index (κ2) is 4.51. The highest BCUT2D eigenvalue weighted by Gasteiger charge is 2.21. The number of rotatable bonds is 4. The van der Waals surface area contributed by atoms with Crippen LogP contribution in [0.3, 0.4) is 0 Å². The van der Waals surface area contributed by atoms with Crippen LogP contribution in [0.4, 0.5) is 11.4 Å². The molecule has 0 saturated heterocycles. The summed E-state index contributed by atoms with van der Waals surface area (Å²) in [4.78, 5) is 12.6. The lowest BCUT2D eigenvalue weighted by Crippen LogP contribution is -2.21. The number of fused-ring (bicyclic) bond motifs is 1.